The van der Waals surface area contributed by atoms with E-state index in [2.05, 4.69) is 0 Å². The van der Waals surface area contributed by atoms with Gasteiger partial charge in [-0.05, 0) is 43.4 Å². The molecule has 1 unspecified atom stereocenters. The van der Waals surface area contributed by atoms with E-state index >= 15 is 0 Å². The van der Waals surface area contributed by atoms with E-state index in [-0.39, 0.29) is 17.5 Å². The van der Waals surface area contributed by atoms with Crippen LogP contribution in [0.2, 0.25) is 0 Å². The molecule has 2 N–H and O–H groups in total. The van der Waals surface area contributed by atoms with E-state index in [0.717, 1.165) is 24.8 Å². The molecule has 2 rings (SSSR count). The number of hydrogen-bond acceptors (Lipinski definition) is 2. The average molecular weight is 223 g/mol. The SMILES string of the molecule is COC1(CC(N)c2cccc(F)c2)CCC1. The molecule has 1 aromatic carbocycles. The Morgan fingerprint density at radius 1 is 1.50 bits per heavy atom. The highest BCUT2D eigenvalue weighted by atomic mass is 19.1. The van der Waals surface area contributed by atoms with Gasteiger partial charge in [0.05, 0.1) is 5.60 Å². The van der Waals surface area contributed by atoms with Gasteiger partial charge in [0.1, 0.15) is 5.82 Å². The van der Waals surface area contributed by atoms with Crippen LogP contribution in [0, 0.1) is 5.82 Å². The molecule has 1 atom stereocenters. The van der Waals surface area contributed by atoms with Crippen molar-refractivity contribution in [3.63, 3.8) is 0 Å². The van der Waals surface area contributed by atoms with Gasteiger partial charge in [0.25, 0.3) is 0 Å². The Kier molecular flexibility index (Phi) is 3.26. The third-order valence-electron chi connectivity index (χ3n) is 3.57. The van der Waals surface area contributed by atoms with Crippen LogP contribution in [-0.2, 0) is 4.74 Å². The maximum absolute atomic E-state index is 13.1. The van der Waals surface area contributed by atoms with Crippen molar-refractivity contribution in [3.8, 4) is 0 Å². The summed E-state index contributed by atoms with van der Waals surface area (Å²) >= 11 is 0. The molecular weight excluding hydrogens is 205 g/mol. The summed E-state index contributed by atoms with van der Waals surface area (Å²) < 4.78 is 18.6. The molecule has 1 aliphatic carbocycles. The minimum Gasteiger partial charge on any atom is -0.378 e. The molecule has 0 aromatic heterocycles. The van der Waals surface area contributed by atoms with E-state index < -0.39 is 0 Å². The highest BCUT2D eigenvalue weighted by Crippen LogP contribution is 2.41. The molecule has 2 nitrogen and oxygen atoms in total. The predicted octanol–water partition coefficient (Wildman–Crippen LogP) is 2.78. The molecule has 0 heterocycles. The van der Waals surface area contributed by atoms with Crippen molar-refractivity contribution in [1.82, 2.24) is 0 Å². The van der Waals surface area contributed by atoms with E-state index in [1.165, 1.54) is 18.6 Å². The molecule has 0 aliphatic heterocycles. The van der Waals surface area contributed by atoms with Gasteiger partial charge in [0, 0.05) is 13.2 Å². The second kappa shape index (κ2) is 4.52. The number of methoxy groups -OCH3 is 1. The normalized spacial score (nSPS) is 20.2. The molecule has 1 saturated carbocycles. The predicted molar refractivity (Wildman–Crippen MR) is 61.5 cm³/mol. The van der Waals surface area contributed by atoms with Crippen LogP contribution in [0.3, 0.4) is 0 Å². The van der Waals surface area contributed by atoms with Gasteiger partial charge in [-0.2, -0.15) is 0 Å². The first-order valence-corrected chi connectivity index (χ1v) is 5.71. The van der Waals surface area contributed by atoms with Gasteiger partial charge in [-0.3, -0.25) is 0 Å². The Labute approximate surface area is 95.6 Å². The van der Waals surface area contributed by atoms with Crippen LogP contribution in [0.4, 0.5) is 4.39 Å². The maximum atomic E-state index is 13.1. The van der Waals surface area contributed by atoms with Gasteiger partial charge >= 0.3 is 0 Å². The van der Waals surface area contributed by atoms with E-state index in [9.17, 15) is 4.39 Å². The van der Waals surface area contributed by atoms with Crippen molar-refractivity contribution in [2.45, 2.75) is 37.3 Å². The monoisotopic (exact) mass is 223 g/mol. The van der Waals surface area contributed by atoms with Crippen LogP contribution in [-0.4, -0.2) is 12.7 Å². The molecular formula is C13H18FNO. The molecule has 16 heavy (non-hydrogen) atoms. The first-order chi connectivity index (χ1) is 7.65. The van der Waals surface area contributed by atoms with Crippen LogP contribution < -0.4 is 5.73 Å². The molecule has 1 aliphatic rings. The minimum atomic E-state index is -0.229. The van der Waals surface area contributed by atoms with Crippen LogP contribution in [0.25, 0.3) is 0 Å². The minimum absolute atomic E-state index is 0.0638. The van der Waals surface area contributed by atoms with Crippen molar-refractivity contribution in [2.75, 3.05) is 7.11 Å². The van der Waals surface area contributed by atoms with E-state index in [1.807, 2.05) is 6.07 Å². The van der Waals surface area contributed by atoms with Crippen LogP contribution in [0.15, 0.2) is 24.3 Å². The standard InChI is InChI=1S/C13H18FNO/c1-16-13(6-3-7-13)9-12(15)10-4-2-5-11(14)8-10/h2,4-5,8,12H,3,6-7,9,15H2,1H3. The first-order valence-electron chi connectivity index (χ1n) is 5.71. The zero-order valence-corrected chi connectivity index (χ0v) is 9.58. The number of nitrogens with two attached hydrogens (primary N) is 1. The summed E-state index contributed by atoms with van der Waals surface area (Å²) in [6.07, 6.45) is 4.09. The summed E-state index contributed by atoms with van der Waals surface area (Å²) in [5.74, 6) is -0.229. The zero-order chi connectivity index (χ0) is 11.6. The van der Waals surface area contributed by atoms with E-state index in [4.69, 9.17) is 10.5 Å². The van der Waals surface area contributed by atoms with Crippen LogP contribution in [0.1, 0.15) is 37.3 Å². The average Bonchev–Trinajstić information content (AvgIpc) is 2.23. The van der Waals surface area contributed by atoms with E-state index in [1.54, 1.807) is 13.2 Å². The fourth-order valence-electron chi connectivity index (χ4n) is 2.32. The fraction of sp³-hybridized carbons (Fsp3) is 0.538. The molecule has 0 saturated heterocycles. The van der Waals surface area contributed by atoms with E-state index in [0.29, 0.717) is 0 Å². The summed E-state index contributed by atoms with van der Waals surface area (Å²) in [7, 11) is 1.73. The zero-order valence-electron chi connectivity index (χ0n) is 9.58. The third kappa shape index (κ3) is 2.25. The van der Waals surface area contributed by atoms with Crippen LogP contribution >= 0.6 is 0 Å². The summed E-state index contributed by atoms with van der Waals surface area (Å²) in [4.78, 5) is 0. The van der Waals surface area contributed by atoms with Crippen molar-refractivity contribution in [1.29, 1.82) is 0 Å². The summed E-state index contributed by atoms with van der Waals surface area (Å²) in [5.41, 5.74) is 6.87. The maximum Gasteiger partial charge on any atom is 0.123 e. The Balaban J connectivity index is 2.05. The molecule has 88 valence electrons. The first kappa shape index (κ1) is 11.6. The Morgan fingerprint density at radius 2 is 2.25 bits per heavy atom. The molecule has 3 heteroatoms. The van der Waals surface area contributed by atoms with Gasteiger partial charge in [0.2, 0.25) is 0 Å². The lowest BCUT2D eigenvalue weighted by Crippen LogP contribution is -2.41. The topological polar surface area (TPSA) is 35.2 Å². The quantitative estimate of drug-likeness (QED) is 0.851. The highest BCUT2D eigenvalue weighted by Gasteiger charge is 2.38. The number of halogens is 1. The molecule has 0 amide bonds. The lowest BCUT2D eigenvalue weighted by molar-refractivity contribution is -0.0817. The highest BCUT2D eigenvalue weighted by molar-refractivity contribution is 5.20. The smallest absolute Gasteiger partial charge is 0.123 e. The summed E-state index contributed by atoms with van der Waals surface area (Å²) in [6, 6.07) is 6.37. The second-order valence-corrected chi connectivity index (χ2v) is 4.61. The number of benzene rings is 1. The van der Waals surface area contributed by atoms with Gasteiger partial charge < -0.3 is 10.5 Å². The number of ether oxygens (including phenoxy) is 1. The Hall–Kier alpha value is -0.930. The molecule has 1 aromatic rings. The lowest BCUT2D eigenvalue weighted by atomic mass is 9.75. The van der Waals surface area contributed by atoms with Crippen molar-refractivity contribution < 1.29 is 9.13 Å². The summed E-state index contributed by atoms with van der Waals surface area (Å²) in [6.45, 7) is 0. The fourth-order valence-corrected chi connectivity index (χ4v) is 2.32. The number of hydrogen-bond donors (Lipinski definition) is 1. The summed E-state index contributed by atoms with van der Waals surface area (Å²) in [5, 5.41) is 0. The second-order valence-electron chi connectivity index (χ2n) is 4.61. The number of rotatable bonds is 4. The lowest BCUT2D eigenvalue weighted by Gasteiger charge is -2.42. The molecule has 0 bridgehead atoms. The Morgan fingerprint density at radius 3 is 2.75 bits per heavy atom. The van der Waals surface area contributed by atoms with Gasteiger partial charge in [0.15, 0.2) is 0 Å². The third-order valence-corrected chi connectivity index (χ3v) is 3.57. The largest absolute Gasteiger partial charge is 0.378 e. The van der Waals surface area contributed by atoms with Crippen LogP contribution in [0.5, 0.6) is 0 Å². The van der Waals surface area contributed by atoms with Gasteiger partial charge in [-0.25, -0.2) is 4.39 Å². The van der Waals surface area contributed by atoms with Crippen molar-refractivity contribution in [3.05, 3.63) is 35.6 Å². The molecule has 1 fully saturated rings. The molecule has 0 spiro atoms. The van der Waals surface area contributed by atoms with Gasteiger partial charge in [-0.1, -0.05) is 12.1 Å². The Bertz CT molecular complexity index is 357. The van der Waals surface area contributed by atoms with Crippen molar-refractivity contribution >= 4 is 0 Å². The van der Waals surface area contributed by atoms with Crippen molar-refractivity contribution in [2.24, 2.45) is 5.73 Å². The van der Waals surface area contributed by atoms with Gasteiger partial charge in [-0.15, -0.1) is 0 Å². The molecule has 0 radical (unpaired) electrons.